The van der Waals surface area contributed by atoms with Gasteiger partial charge >= 0.3 is 6.09 Å². The van der Waals surface area contributed by atoms with Crippen molar-refractivity contribution in [2.45, 2.75) is 82.5 Å². The fraction of sp³-hybridized carbons (Fsp3) is 0.581. The van der Waals surface area contributed by atoms with Crippen molar-refractivity contribution in [3.8, 4) is 0 Å². The van der Waals surface area contributed by atoms with Gasteiger partial charge in [-0.3, -0.25) is 14.4 Å². The van der Waals surface area contributed by atoms with Crippen molar-refractivity contribution in [3.63, 3.8) is 0 Å². The Balaban J connectivity index is 1.40. The molecule has 0 radical (unpaired) electrons. The Bertz CT molecular complexity index is 1190. The molecular weight excluding hydrogens is 508 g/mol. The molecule has 1 unspecified atom stereocenters. The fourth-order valence-electron chi connectivity index (χ4n) is 6.65. The van der Waals surface area contributed by atoms with Gasteiger partial charge in [0.05, 0.1) is 13.7 Å². The lowest BCUT2D eigenvalue weighted by Crippen LogP contribution is -2.73. The quantitative estimate of drug-likeness (QED) is 0.469. The van der Waals surface area contributed by atoms with E-state index in [-0.39, 0.29) is 18.4 Å². The average Bonchev–Trinajstić information content (AvgIpc) is 2.99. The molecule has 9 heteroatoms. The van der Waals surface area contributed by atoms with Gasteiger partial charge in [-0.05, 0) is 60.9 Å². The third-order valence-corrected chi connectivity index (χ3v) is 8.77. The second kappa shape index (κ2) is 13.0. The molecule has 2 aromatic rings. The van der Waals surface area contributed by atoms with E-state index < -0.39 is 24.4 Å². The summed E-state index contributed by atoms with van der Waals surface area (Å²) in [6, 6.07) is 13.8. The molecule has 216 valence electrons. The summed E-state index contributed by atoms with van der Waals surface area (Å²) in [7, 11) is 1.31. The van der Waals surface area contributed by atoms with E-state index in [4.69, 9.17) is 15.3 Å². The molecule has 2 heterocycles. The summed E-state index contributed by atoms with van der Waals surface area (Å²) in [6.45, 7) is 1.16. The van der Waals surface area contributed by atoms with Crippen molar-refractivity contribution in [3.05, 3.63) is 48.0 Å². The van der Waals surface area contributed by atoms with Crippen molar-refractivity contribution in [2.75, 3.05) is 26.7 Å². The smallest absolute Gasteiger partial charge is 0.435 e. The SMILES string of the molecule is COC(=O)N1O[C@H](CC2CCCCC2)C(=O)N2C1CN(CCc1cccc3ccccc13)C(=O)[C@@H]2CCCCN. The number of benzene rings is 2. The van der Waals surface area contributed by atoms with Crippen molar-refractivity contribution in [2.24, 2.45) is 11.7 Å². The lowest BCUT2D eigenvalue weighted by atomic mass is 9.85. The number of piperazine rings is 1. The normalized spacial score (nSPS) is 23.9. The molecule has 5 rings (SSSR count). The number of nitrogens with two attached hydrogens (primary N) is 1. The third-order valence-electron chi connectivity index (χ3n) is 8.77. The highest BCUT2D eigenvalue weighted by molar-refractivity contribution is 5.92. The standard InChI is InChI=1S/C31H42N4O5/c1-39-31(38)35-28-21-33(19-17-24-14-9-13-23-12-5-6-15-25(23)24)29(36)26(16-7-8-18-32)34(28)30(37)27(40-35)20-22-10-3-2-4-11-22/h5-6,9,12-15,22,26-28H,2-4,7-8,10-11,16-21,32H2,1H3/t26-,27+,28?/m0/s1. The van der Waals surface area contributed by atoms with Crippen LogP contribution in [-0.2, 0) is 25.6 Å². The third kappa shape index (κ3) is 5.95. The van der Waals surface area contributed by atoms with E-state index in [1.54, 1.807) is 9.80 Å². The molecular formula is C31H42N4O5. The number of nitrogens with zero attached hydrogens (tertiary/aromatic N) is 3. The van der Waals surface area contributed by atoms with Gasteiger partial charge in [0.15, 0.2) is 12.3 Å². The topological polar surface area (TPSA) is 105 Å². The predicted octanol–water partition coefficient (Wildman–Crippen LogP) is 4.23. The molecule has 2 aromatic carbocycles. The number of hydrogen-bond donors (Lipinski definition) is 1. The van der Waals surface area contributed by atoms with E-state index in [9.17, 15) is 14.4 Å². The molecule has 2 N–H and O–H groups in total. The van der Waals surface area contributed by atoms with Gasteiger partial charge in [0.1, 0.15) is 6.04 Å². The lowest BCUT2D eigenvalue weighted by Gasteiger charge is -2.52. The Hall–Kier alpha value is -3.17. The van der Waals surface area contributed by atoms with Gasteiger partial charge in [-0.1, -0.05) is 74.6 Å². The summed E-state index contributed by atoms with van der Waals surface area (Å²) < 4.78 is 5.09. The second-order valence-corrected chi connectivity index (χ2v) is 11.3. The number of methoxy groups -OCH3 is 1. The molecule has 3 fully saturated rings. The van der Waals surface area contributed by atoms with Gasteiger partial charge < -0.3 is 20.3 Å². The number of fused-ring (bicyclic) bond motifs is 2. The minimum Gasteiger partial charge on any atom is -0.451 e. The maximum atomic E-state index is 14.0. The van der Waals surface area contributed by atoms with Gasteiger partial charge in [-0.2, -0.15) is 5.06 Å². The van der Waals surface area contributed by atoms with Crippen LogP contribution in [0.1, 0.15) is 63.4 Å². The monoisotopic (exact) mass is 550 g/mol. The Morgan fingerprint density at radius 3 is 2.58 bits per heavy atom. The van der Waals surface area contributed by atoms with Gasteiger partial charge in [0.25, 0.3) is 5.91 Å². The maximum Gasteiger partial charge on any atom is 0.435 e. The first-order valence-electron chi connectivity index (χ1n) is 14.8. The molecule has 0 spiro atoms. The van der Waals surface area contributed by atoms with Gasteiger partial charge in [-0.15, -0.1) is 0 Å². The maximum absolute atomic E-state index is 14.0. The van der Waals surface area contributed by atoms with Gasteiger partial charge in [0, 0.05) is 6.54 Å². The van der Waals surface area contributed by atoms with Crippen LogP contribution in [0.4, 0.5) is 4.79 Å². The Labute approximate surface area is 236 Å². The van der Waals surface area contributed by atoms with Crippen molar-refractivity contribution in [1.82, 2.24) is 14.9 Å². The molecule has 3 atom stereocenters. The van der Waals surface area contributed by atoms with Crippen molar-refractivity contribution < 1.29 is 24.0 Å². The van der Waals surface area contributed by atoms with Crippen LogP contribution in [0.2, 0.25) is 0 Å². The predicted molar refractivity (Wildman–Crippen MR) is 152 cm³/mol. The first-order valence-corrected chi connectivity index (χ1v) is 14.8. The van der Waals surface area contributed by atoms with Crippen molar-refractivity contribution >= 4 is 28.7 Å². The number of amides is 3. The van der Waals surface area contributed by atoms with E-state index in [2.05, 4.69) is 24.3 Å². The van der Waals surface area contributed by atoms with Crippen LogP contribution in [0.5, 0.6) is 0 Å². The van der Waals surface area contributed by atoms with Crippen LogP contribution in [0, 0.1) is 5.92 Å². The highest BCUT2D eigenvalue weighted by Gasteiger charge is 2.53. The average molecular weight is 551 g/mol. The highest BCUT2D eigenvalue weighted by Crippen LogP contribution is 2.35. The summed E-state index contributed by atoms with van der Waals surface area (Å²) in [5.74, 6) is 0.0904. The zero-order chi connectivity index (χ0) is 28.1. The second-order valence-electron chi connectivity index (χ2n) is 11.3. The van der Waals surface area contributed by atoms with Gasteiger partial charge in [-0.25, -0.2) is 4.79 Å². The summed E-state index contributed by atoms with van der Waals surface area (Å²) >= 11 is 0. The molecule has 1 saturated carbocycles. The molecule has 9 nitrogen and oxygen atoms in total. The number of carbonyl (C=O) groups excluding carboxylic acids is 3. The zero-order valence-electron chi connectivity index (χ0n) is 23.5. The van der Waals surface area contributed by atoms with E-state index in [1.165, 1.54) is 18.6 Å². The van der Waals surface area contributed by atoms with E-state index in [0.29, 0.717) is 44.7 Å². The van der Waals surface area contributed by atoms with Crippen LogP contribution in [0.25, 0.3) is 10.8 Å². The minimum atomic E-state index is -0.800. The summed E-state index contributed by atoms with van der Waals surface area (Å²) in [4.78, 5) is 50.4. The lowest BCUT2D eigenvalue weighted by molar-refractivity contribution is -0.268. The number of carbonyl (C=O) groups is 3. The molecule has 2 aliphatic heterocycles. The highest BCUT2D eigenvalue weighted by atomic mass is 16.7. The number of rotatable bonds is 9. The summed E-state index contributed by atoms with van der Waals surface area (Å²) in [6.07, 6.45) is 6.58. The van der Waals surface area contributed by atoms with Crippen LogP contribution in [-0.4, -0.2) is 77.8 Å². The first kappa shape index (κ1) is 28.4. The summed E-state index contributed by atoms with van der Waals surface area (Å²) in [5, 5.41) is 3.53. The zero-order valence-corrected chi connectivity index (χ0v) is 23.5. The van der Waals surface area contributed by atoms with Crippen LogP contribution in [0.3, 0.4) is 0 Å². The molecule has 3 amide bonds. The Morgan fingerprint density at radius 1 is 1.02 bits per heavy atom. The Kier molecular flexibility index (Phi) is 9.22. The molecule has 40 heavy (non-hydrogen) atoms. The molecule has 0 aromatic heterocycles. The molecule has 1 aliphatic carbocycles. The Morgan fingerprint density at radius 2 is 1.80 bits per heavy atom. The van der Waals surface area contributed by atoms with Crippen molar-refractivity contribution in [1.29, 1.82) is 0 Å². The fourth-order valence-corrected chi connectivity index (χ4v) is 6.65. The largest absolute Gasteiger partial charge is 0.451 e. The first-order chi connectivity index (χ1) is 19.5. The van der Waals surface area contributed by atoms with Crippen LogP contribution < -0.4 is 5.73 Å². The number of unbranched alkanes of at least 4 members (excludes halogenated alkanes) is 1. The van der Waals surface area contributed by atoms with E-state index >= 15 is 0 Å². The number of hydroxylamine groups is 2. The van der Waals surface area contributed by atoms with Crippen LogP contribution in [0.15, 0.2) is 42.5 Å². The minimum absolute atomic E-state index is 0.0787. The molecule has 3 aliphatic rings. The van der Waals surface area contributed by atoms with E-state index in [1.807, 2.05) is 18.2 Å². The van der Waals surface area contributed by atoms with Gasteiger partial charge in [0.2, 0.25) is 5.91 Å². The summed E-state index contributed by atoms with van der Waals surface area (Å²) in [5.41, 5.74) is 6.92. The van der Waals surface area contributed by atoms with E-state index in [0.717, 1.165) is 48.4 Å². The number of ether oxygens (including phenoxy) is 1. The number of hydrogen-bond acceptors (Lipinski definition) is 6. The van der Waals surface area contributed by atoms with Crippen LogP contribution >= 0.6 is 0 Å². The molecule has 0 bridgehead atoms. The molecule has 2 saturated heterocycles.